The average molecular weight is 564 g/mol. The van der Waals surface area contributed by atoms with Gasteiger partial charge in [-0.2, -0.15) is 0 Å². The Morgan fingerprint density at radius 3 is 2.45 bits per heavy atom. The Labute approximate surface area is 226 Å². The highest BCUT2D eigenvalue weighted by atomic mass is 32.2. The molecule has 0 aliphatic heterocycles. The molecule has 0 radical (unpaired) electrons. The second kappa shape index (κ2) is 13.1. The molecule has 0 atom stereocenters. The van der Waals surface area contributed by atoms with Crippen LogP contribution in [0.15, 0.2) is 29.4 Å². The number of ether oxygens (including phenoxy) is 2. The summed E-state index contributed by atoms with van der Waals surface area (Å²) in [6.45, 7) is 5.20. The third-order valence-electron chi connectivity index (χ3n) is 5.12. The number of carbonyl (C=O) groups is 4. The van der Waals surface area contributed by atoms with E-state index in [1.807, 2.05) is 0 Å². The molecule has 1 aromatic carbocycles. The molecular weight excluding hydrogens is 537 g/mol. The monoisotopic (exact) mass is 563 g/mol. The first-order valence-electron chi connectivity index (χ1n) is 11.5. The highest BCUT2D eigenvalue weighted by molar-refractivity contribution is 7.99. The van der Waals surface area contributed by atoms with Crippen LogP contribution in [0.1, 0.15) is 55.6 Å². The predicted molar refractivity (Wildman–Crippen MR) is 139 cm³/mol. The lowest BCUT2D eigenvalue weighted by molar-refractivity contribution is -0.113. The molecule has 2 amide bonds. The molecule has 202 valence electrons. The van der Waals surface area contributed by atoms with Crippen molar-refractivity contribution in [3.8, 4) is 0 Å². The minimum Gasteiger partial charge on any atom is -0.462 e. The third-order valence-corrected chi connectivity index (χ3v) is 7.33. The van der Waals surface area contributed by atoms with Crippen molar-refractivity contribution in [1.82, 2.24) is 20.1 Å². The minimum absolute atomic E-state index is 0.00255. The third kappa shape index (κ3) is 6.75. The number of amides is 2. The lowest BCUT2D eigenvalue weighted by Crippen LogP contribution is -2.25. The van der Waals surface area contributed by atoms with Crippen LogP contribution in [0.4, 0.5) is 9.39 Å². The summed E-state index contributed by atoms with van der Waals surface area (Å²) in [6.07, 6.45) is 0. The van der Waals surface area contributed by atoms with E-state index in [0.717, 1.165) is 23.1 Å². The van der Waals surface area contributed by atoms with Crippen LogP contribution in [0.5, 0.6) is 0 Å². The Bertz CT molecular complexity index is 1360. The van der Waals surface area contributed by atoms with E-state index < -0.39 is 29.6 Å². The molecule has 3 aromatic rings. The van der Waals surface area contributed by atoms with Gasteiger partial charge in [0.25, 0.3) is 5.91 Å². The van der Waals surface area contributed by atoms with Gasteiger partial charge in [0.1, 0.15) is 15.7 Å². The largest absolute Gasteiger partial charge is 0.462 e. The average Bonchev–Trinajstić information content (AvgIpc) is 3.40. The van der Waals surface area contributed by atoms with Gasteiger partial charge in [-0.25, -0.2) is 14.0 Å². The molecule has 0 unspecified atom stereocenters. The highest BCUT2D eigenvalue weighted by Gasteiger charge is 2.27. The number of thioether (sulfide) groups is 1. The molecule has 0 saturated carbocycles. The number of esters is 2. The zero-order valence-electron chi connectivity index (χ0n) is 21.1. The molecule has 0 saturated heterocycles. The van der Waals surface area contributed by atoms with Crippen LogP contribution in [0, 0.1) is 12.7 Å². The van der Waals surface area contributed by atoms with Crippen LogP contribution < -0.4 is 10.6 Å². The van der Waals surface area contributed by atoms with Gasteiger partial charge < -0.3 is 24.7 Å². The Morgan fingerprint density at radius 1 is 1.08 bits per heavy atom. The molecule has 0 fully saturated rings. The number of hydrogen-bond donors (Lipinski definition) is 2. The summed E-state index contributed by atoms with van der Waals surface area (Å²) < 4.78 is 25.5. The summed E-state index contributed by atoms with van der Waals surface area (Å²) in [4.78, 5) is 50.0. The first-order chi connectivity index (χ1) is 18.2. The van der Waals surface area contributed by atoms with Crippen molar-refractivity contribution < 1.29 is 33.0 Å². The van der Waals surface area contributed by atoms with E-state index in [4.69, 9.17) is 9.47 Å². The van der Waals surface area contributed by atoms with E-state index in [0.29, 0.717) is 16.5 Å². The molecule has 0 spiro atoms. The number of aromatic nitrogens is 3. The van der Waals surface area contributed by atoms with Crippen LogP contribution in [0.3, 0.4) is 0 Å². The molecule has 0 aliphatic carbocycles. The van der Waals surface area contributed by atoms with Crippen LogP contribution in [-0.2, 0) is 27.9 Å². The first kappa shape index (κ1) is 28.8. The van der Waals surface area contributed by atoms with E-state index in [1.54, 1.807) is 38.5 Å². The summed E-state index contributed by atoms with van der Waals surface area (Å²) in [7, 11) is 1.66. The van der Waals surface area contributed by atoms with Gasteiger partial charge in [0, 0.05) is 7.05 Å². The fourth-order valence-electron chi connectivity index (χ4n) is 3.26. The molecule has 0 bridgehead atoms. The second-order valence-electron chi connectivity index (χ2n) is 7.66. The number of halogens is 1. The molecule has 14 heteroatoms. The van der Waals surface area contributed by atoms with E-state index in [9.17, 15) is 23.6 Å². The summed E-state index contributed by atoms with van der Waals surface area (Å²) in [5.74, 6) is -2.61. The number of rotatable bonds is 11. The Morgan fingerprint density at radius 2 is 1.76 bits per heavy atom. The van der Waals surface area contributed by atoms with Gasteiger partial charge in [-0.1, -0.05) is 23.9 Å². The van der Waals surface area contributed by atoms with Gasteiger partial charge in [-0.15, -0.1) is 21.5 Å². The molecule has 2 N–H and O–H groups in total. The lowest BCUT2D eigenvalue weighted by atomic mass is 10.1. The Hall–Kier alpha value is -3.78. The second-order valence-corrected chi connectivity index (χ2v) is 9.62. The SMILES string of the molecule is CCOC(=O)c1sc(NC(=O)CSc2nnc(CNC(=O)c3ccccc3F)n2C)c(C(=O)OCC)c1C. The van der Waals surface area contributed by atoms with Crippen LogP contribution in [0.25, 0.3) is 0 Å². The van der Waals surface area contributed by atoms with Crippen molar-refractivity contribution in [1.29, 1.82) is 0 Å². The fourth-order valence-corrected chi connectivity index (χ4v) is 5.09. The molecule has 2 aromatic heterocycles. The lowest BCUT2D eigenvalue weighted by Gasteiger charge is -2.08. The zero-order chi connectivity index (χ0) is 27.8. The number of nitrogens with one attached hydrogen (secondary N) is 2. The van der Waals surface area contributed by atoms with Gasteiger partial charge in [-0.3, -0.25) is 9.59 Å². The number of anilines is 1. The van der Waals surface area contributed by atoms with Crippen molar-refractivity contribution in [3.63, 3.8) is 0 Å². The minimum atomic E-state index is -0.657. The normalized spacial score (nSPS) is 10.7. The summed E-state index contributed by atoms with van der Waals surface area (Å²) in [5, 5.41) is 13.9. The number of nitrogens with zero attached hydrogens (tertiary/aromatic N) is 3. The number of thiophene rings is 1. The van der Waals surface area contributed by atoms with Crippen molar-refractivity contribution in [2.24, 2.45) is 7.05 Å². The summed E-state index contributed by atoms with van der Waals surface area (Å²) >= 11 is 2.02. The quantitative estimate of drug-likeness (QED) is 0.265. The van der Waals surface area contributed by atoms with Gasteiger partial charge in [-0.05, 0) is 38.5 Å². The fraction of sp³-hybridized carbons (Fsp3) is 0.333. The molecule has 2 heterocycles. The molecular formula is C24H26FN5O6S2. The van der Waals surface area contributed by atoms with E-state index in [2.05, 4.69) is 20.8 Å². The smallest absolute Gasteiger partial charge is 0.348 e. The standard InChI is InChI=1S/C24H26FN5O6S2/c1-5-35-22(33)18-13(3)19(23(34)36-6-2)38-21(18)27-17(31)12-37-24-29-28-16(30(24)4)11-26-20(32)14-9-7-8-10-15(14)25/h7-10H,5-6,11-12H2,1-4H3,(H,26,32)(H,27,31). The Kier molecular flexibility index (Phi) is 9.96. The Balaban J connectivity index is 1.65. The molecule has 0 aliphatic rings. The van der Waals surface area contributed by atoms with Crippen LogP contribution in [0.2, 0.25) is 0 Å². The van der Waals surface area contributed by atoms with Crippen molar-refractivity contribution in [2.75, 3.05) is 24.3 Å². The molecule has 11 nitrogen and oxygen atoms in total. The van der Waals surface area contributed by atoms with Crippen molar-refractivity contribution >= 4 is 51.9 Å². The maximum absolute atomic E-state index is 13.8. The van der Waals surface area contributed by atoms with E-state index in [1.165, 1.54) is 18.2 Å². The maximum Gasteiger partial charge on any atom is 0.348 e. The predicted octanol–water partition coefficient (Wildman–Crippen LogP) is 3.34. The van der Waals surface area contributed by atoms with Gasteiger partial charge >= 0.3 is 11.9 Å². The topological polar surface area (TPSA) is 142 Å². The number of benzene rings is 1. The highest BCUT2D eigenvalue weighted by Crippen LogP contribution is 2.34. The van der Waals surface area contributed by atoms with E-state index >= 15 is 0 Å². The molecule has 38 heavy (non-hydrogen) atoms. The molecule has 3 rings (SSSR count). The van der Waals surface area contributed by atoms with Crippen molar-refractivity contribution in [2.45, 2.75) is 32.5 Å². The van der Waals surface area contributed by atoms with Crippen LogP contribution in [-0.4, -0.2) is 57.5 Å². The van der Waals surface area contributed by atoms with Gasteiger partial charge in [0.15, 0.2) is 11.0 Å². The van der Waals surface area contributed by atoms with Gasteiger partial charge in [0.2, 0.25) is 5.91 Å². The van der Waals surface area contributed by atoms with Crippen LogP contribution >= 0.6 is 23.1 Å². The first-order valence-corrected chi connectivity index (χ1v) is 13.3. The van der Waals surface area contributed by atoms with Crippen molar-refractivity contribution in [3.05, 3.63) is 57.5 Å². The number of carbonyl (C=O) groups excluding carboxylic acids is 4. The summed E-state index contributed by atoms with van der Waals surface area (Å²) in [6, 6.07) is 5.62. The number of hydrogen-bond acceptors (Lipinski definition) is 10. The maximum atomic E-state index is 13.8. The summed E-state index contributed by atoms with van der Waals surface area (Å²) in [5.41, 5.74) is 0.382. The van der Waals surface area contributed by atoms with Gasteiger partial charge in [0.05, 0.1) is 36.6 Å². The zero-order valence-corrected chi connectivity index (χ0v) is 22.8. The van der Waals surface area contributed by atoms with E-state index in [-0.39, 0.29) is 46.5 Å².